The van der Waals surface area contributed by atoms with Gasteiger partial charge in [-0.15, -0.1) is 0 Å². The maximum atomic E-state index is 12.3. The summed E-state index contributed by atoms with van der Waals surface area (Å²) in [6.07, 6.45) is -4.46. The van der Waals surface area contributed by atoms with Gasteiger partial charge in [-0.1, -0.05) is 18.2 Å². The summed E-state index contributed by atoms with van der Waals surface area (Å²) in [5.74, 6) is -0.709. The van der Waals surface area contributed by atoms with Gasteiger partial charge in [0.1, 0.15) is 41.7 Å². The van der Waals surface area contributed by atoms with Crippen LogP contribution in [0.4, 0.5) is 0 Å². The number of carbonyl (C=O) groups excluding carboxylic acids is 1. The molecule has 1 heterocycles. The van der Waals surface area contributed by atoms with Gasteiger partial charge in [0.2, 0.25) is 6.29 Å². The van der Waals surface area contributed by atoms with Gasteiger partial charge in [-0.3, -0.25) is 4.79 Å². The normalized spacial score (nSPS) is 26.6. The van der Waals surface area contributed by atoms with E-state index in [2.05, 4.69) is 0 Å². The number of carbonyl (C=O) groups is 1. The molecule has 0 bridgehead atoms. The fraction of sp³-hybridized carbons (Fsp3) is 0.286. The van der Waals surface area contributed by atoms with Crippen molar-refractivity contribution in [1.29, 1.82) is 0 Å². The van der Waals surface area contributed by atoms with Crippen molar-refractivity contribution in [2.24, 2.45) is 0 Å². The maximum Gasteiger partial charge on any atom is 0.229 e. The Morgan fingerprint density at radius 2 is 1.70 bits per heavy atom. The van der Waals surface area contributed by atoms with Crippen LogP contribution < -0.4 is 4.74 Å². The van der Waals surface area contributed by atoms with E-state index in [0.717, 1.165) is 6.07 Å². The highest BCUT2D eigenvalue weighted by Crippen LogP contribution is 2.28. The summed E-state index contributed by atoms with van der Waals surface area (Å²) >= 11 is 0. The Morgan fingerprint density at radius 1 is 1.00 bits per heavy atom. The van der Waals surface area contributed by atoms with E-state index < -0.39 is 43.1 Å². The molecular formula is C21H22O9. The van der Waals surface area contributed by atoms with Crippen LogP contribution in [0, 0.1) is 0 Å². The van der Waals surface area contributed by atoms with Crippen molar-refractivity contribution in [3.63, 3.8) is 0 Å². The number of hydrogen-bond acceptors (Lipinski definition) is 9. The van der Waals surface area contributed by atoms with Crippen LogP contribution in [0.3, 0.4) is 0 Å². The Kier molecular flexibility index (Phi) is 6.70. The lowest BCUT2D eigenvalue weighted by Gasteiger charge is -2.39. The second-order valence-corrected chi connectivity index (χ2v) is 6.78. The molecule has 0 amide bonds. The van der Waals surface area contributed by atoms with E-state index in [1.165, 1.54) is 36.4 Å². The van der Waals surface area contributed by atoms with Crippen LogP contribution in [-0.2, 0) is 4.74 Å². The molecule has 9 heteroatoms. The van der Waals surface area contributed by atoms with Crippen LogP contribution in [0.5, 0.6) is 17.2 Å². The number of allylic oxidation sites excluding steroid dienone is 1. The van der Waals surface area contributed by atoms with Gasteiger partial charge in [-0.25, -0.2) is 0 Å². The Morgan fingerprint density at radius 3 is 2.33 bits per heavy atom. The number of phenolic OH excluding ortho intramolecular Hbond substituents is 2. The highest BCUT2D eigenvalue weighted by molar-refractivity contribution is 6.08. The quantitative estimate of drug-likeness (QED) is 0.284. The Balaban J connectivity index is 1.70. The minimum Gasteiger partial charge on any atom is -0.508 e. The van der Waals surface area contributed by atoms with Crippen molar-refractivity contribution >= 4 is 11.9 Å². The monoisotopic (exact) mass is 418 g/mol. The third kappa shape index (κ3) is 4.78. The lowest BCUT2D eigenvalue weighted by Crippen LogP contribution is -2.60. The van der Waals surface area contributed by atoms with Crippen LogP contribution in [0.15, 0.2) is 48.5 Å². The van der Waals surface area contributed by atoms with E-state index in [0.29, 0.717) is 5.56 Å². The molecule has 0 spiro atoms. The number of rotatable bonds is 6. The maximum absolute atomic E-state index is 12.3. The van der Waals surface area contributed by atoms with E-state index in [9.17, 15) is 35.4 Å². The molecule has 2 aromatic carbocycles. The average molecular weight is 418 g/mol. The van der Waals surface area contributed by atoms with Gasteiger partial charge >= 0.3 is 0 Å². The fourth-order valence-electron chi connectivity index (χ4n) is 2.94. The number of ether oxygens (including phenoxy) is 2. The van der Waals surface area contributed by atoms with E-state index in [-0.39, 0.29) is 22.8 Å². The lowest BCUT2D eigenvalue weighted by atomic mass is 9.99. The molecule has 1 aliphatic rings. The van der Waals surface area contributed by atoms with Crippen LogP contribution in [0.2, 0.25) is 0 Å². The van der Waals surface area contributed by atoms with Gasteiger partial charge in [0, 0.05) is 6.07 Å². The van der Waals surface area contributed by atoms with Crippen LogP contribution >= 0.6 is 0 Å². The van der Waals surface area contributed by atoms with Crippen molar-refractivity contribution in [3.05, 3.63) is 59.7 Å². The van der Waals surface area contributed by atoms with Crippen LogP contribution in [-0.4, -0.2) is 73.7 Å². The first kappa shape index (κ1) is 21.8. The first-order chi connectivity index (χ1) is 14.3. The molecule has 0 saturated carbocycles. The third-order valence-corrected chi connectivity index (χ3v) is 4.66. The molecule has 0 unspecified atom stereocenters. The largest absolute Gasteiger partial charge is 0.508 e. The molecule has 2 aromatic rings. The van der Waals surface area contributed by atoms with Crippen molar-refractivity contribution in [1.82, 2.24) is 0 Å². The molecule has 3 rings (SSSR count). The molecule has 0 radical (unpaired) electrons. The molecule has 9 nitrogen and oxygen atoms in total. The van der Waals surface area contributed by atoms with Crippen molar-refractivity contribution in [2.45, 2.75) is 30.7 Å². The number of ketones is 1. The van der Waals surface area contributed by atoms with E-state index in [1.54, 1.807) is 12.1 Å². The Labute approximate surface area is 171 Å². The van der Waals surface area contributed by atoms with E-state index in [1.807, 2.05) is 0 Å². The summed E-state index contributed by atoms with van der Waals surface area (Å²) < 4.78 is 10.6. The predicted molar refractivity (Wildman–Crippen MR) is 104 cm³/mol. The molecule has 1 saturated heterocycles. The molecule has 0 aromatic heterocycles. The number of phenols is 2. The number of benzene rings is 2. The van der Waals surface area contributed by atoms with Gasteiger partial charge in [-0.05, 0) is 35.9 Å². The molecule has 1 aliphatic heterocycles. The highest BCUT2D eigenvalue weighted by Gasteiger charge is 2.44. The summed E-state index contributed by atoms with van der Waals surface area (Å²) in [6.45, 7) is -0.600. The Bertz CT molecular complexity index is 907. The zero-order chi connectivity index (χ0) is 21.8. The molecule has 6 N–H and O–H groups in total. The third-order valence-electron chi connectivity index (χ3n) is 4.66. The summed E-state index contributed by atoms with van der Waals surface area (Å²) in [5, 5.41) is 58.2. The zero-order valence-corrected chi connectivity index (χ0v) is 15.7. The smallest absolute Gasteiger partial charge is 0.229 e. The minimum atomic E-state index is -1.60. The molecule has 5 atom stereocenters. The summed E-state index contributed by atoms with van der Waals surface area (Å²) in [6, 6.07) is 10.0. The minimum absolute atomic E-state index is 0.00572. The predicted octanol–water partition coefficient (Wildman–Crippen LogP) is 0.173. The number of aliphatic hydroxyl groups excluding tert-OH is 4. The number of aromatic hydroxyl groups is 2. The first-order valence-electron chi connectivity index (χ1n) is 9.12. The summed E-state index contributed by atoms with van der Waals surface area (Å²) in [5.41, 5.74) is 0.689. The van der Waals surface area contributed by atoms with E-state index in [4.69, 9.17) is 9.47 Å². The zero-order valence-electron chi connectivity index (χ0n) is 15.7. The van der Waals surface area contributed by atoms with Crippen molar-refractivity contribution < 1.29 is 44.9 Å². The van der Waals surface area contributed by atoms with Crippen molar-refractivity contribution in [2.75, 3.05) is 6.61 Å². The van der Waals surface area contributed by atoms with Gasteiger partial charge < -0.3 is 40.1 Å². The molecule has 0 aliphatic carbocycles. The van der Waals surface area contributed by atoms with Gasteiger partial charge in [0.15, 0.2) is 5.78 Å². The molecular weight excluding hydrogens is 396 g/mol. The van der Waals surface area contributed by atoms with E-state index >= 15 is 0 Å². The number of hydrogen-bond donors (Lipinski definition) is 6. The SMILES string of the molecule is O=C(C=Cc1ccc(O)cc1)c1ccc(O[C@H]2O[C@H](CO)[C@@H](O)[C@H](O)[C@H]2O)cc1O. The summed E-state index contributed by atoms with van der Waals surface area (Å²) in [7, 11) is 0. The molecule has 160 valence electrons. The first-order valence-corrected chi connectivity index (χ1v) is 9.12. The van der Waals surface area contributed by atoms with Gasteiger partial charge in [-0.2, -0.15) is 0 Å². The van der Waals surface area contributed by atoms with Gasteiger partial charge in [0.05, 0.1) is 12.2 Å². The topological polar surface area (TPSA) is 157 Å². The Hall–Kier alpha value is -2.95. The van der Waals surface area contributed by atoms with Gasteiger partial charge in [0.25, 0.3) is 0 Å². The summed E-state index contributed by atoms with van der Waals surface area (Å²) in [4.78, 5) is 12.3. The molecule has 1 fully saturated rings. The fourth-order valence-corrected chi connectivity index (χ4v) is 2.94. The second-order valence-electron chi connectivity index (χ2n) is 6.78. The standard InChI is InChI=1S/C21H22O9/c22-10-17-18(26)19(27)20(28)21(30-17)29-13-6-7-14(16(25)9-13)15(24)8-3-11-1-4-12(23)5-2-11/h1-9,17-23,25-28H,10H2/t17-,18-,19+,20-,21+/m1/s1. The molecule has 30 heavy (non-hydrogen) atoms. The average Bonchev–Trinajstić information content (AvgIpc) is 2.73. The lowest BCUT2D eigenvalue weighted by molar-refractivity contribution is -0.277. The van der Waals surface area contributed by atoms with Crippen LogP contribution in [0.1, 0.15) is 15.9 Å². The van der Waals surface area contributed by atoms with Crippen LogP contribution in [0.25, 0.3) is 6.08 Å². The van der Waals surface area contributed by atoms with Crippen molar-refractivity contribution in [3.8, 4) is 17.2 Å². The highest BCUT2D eigenvalue weighted by atomic mass is 16.7. The second kappa shape index (κ2) is 9.24. The number of aliphatic hydroxyl groups is 4.